The molecule has 1 aromatic heterocycles. The predicted molar refractivity (Wildman–Crippen MR) is 64.5 cm³/mol. The summed E-state index contributed by atoms with van der Waals surface area (Å²) in [5.41, 5.74) is 0.591. The number of aromatic amines is 1. The molecule has 6 heteroatoms. The molecule has 0 spiro atoms. The van der Waals surface area contributed by atoms with E-state index < -0.39 is 0 Å². The quantitative estimate of drug-likeness (QED) is 0.718. The number of hydrogen-bond donors (Lipinski definition) is 3. The second-order valence-electron chi connectivity index (χ2n) is 4.58. The van der Waals surface area contributed by atoms with Gasteiger partial charge < -0.3 is 15.6 Å². The highest BCUT2D eigenvalue weighted by atomic mass is 32.1. The Balaban J connectivity index is 2.26. The molecular formula is C10H17N3O2S. The molecule has 0 bridgehead atoms. The van der Waals surface area contributed by atoms with Crippen molar-refractivity contribution in [3.63, 3.8) is 0 Å². The summed E-state index contributed by atoms with van der Waals surface area (Å²) in [4.78, 5) is 24.8. The Morgan fingerprint density at radius 3 is 2.69 bits per heavy atom. The van der Waals surface area contributed by atoms with E-state index in [0.717, 1.165) is 17.0 Å². The molecule has 0 atom stereocenters. The Labute approximate surface area is 98.3 Å². The second-order valence-corrected chi connectivity index (χ2v) is 5.42. The molecule has 1 heterocycles. The lowest BCUT2D eigenvalue weighted by Crippen LogP contribution is -2.44. The summed E-state index contributed by atoms with van der Waals surface area (Å²) in [6.07, 6.45) is 0. The minimum atomic E-state index is -0.213. The third-order valence-electron chi connectivity index (χ3n) is 1.69. The molecule has 1 amide bonds. The van der Waals surface area contributed by atoms with E-state index in [1.165, 1.54) is 0 Å². The smallest absolute Gasteiger partial charge is 0.304 e. The van der Waals surface area contributed by atoms with Gasteiger partial charge in [0.05, 0.1) is 6.54 Å². The van der Waals surface area contributed by atoms with Crippen LogP contribution in [-0.4, -0.2) is 23.0 Å². The van der Waals surface area contributed by atoms with Gasteiger partial charge in [0.15, 0.2) is 0 Å². The number of rotatable bonds is 4. The van der Waals surface area contributed by atoms with Gasteiger partial charge in [-0.15, -0.1) is 0 Å². The average Bonchev–Trinajstić information content (AvgIpc) is 2.48. The molecule has 0 aliphatic rings. The van der Waals surface area contributed by atoms with Crippen LogP contribution in [0.1, 0.15) is 26.5 Å². The van der Waals surface area contributed by atoms with Gasteiger partial charge in [-0.3, -0.25) is 9.59 Å². The zero-order chi connectivity index (χ0) is 12.2. The van der Waals surface area contributed by atoms with Gasteiger partial charge in [0.25, 0.3) is 0 Å². The fourth-order valence-electron chi connectivity index (χ4n) is 1.17. The standard InChI is InChI=1S/C10H17N3O2S/c1-10(2,3)13-8(14)5-11-4-7-6-16-9(15)12-7/h6,11H,4-5H2,1-3H3,(H,12,15)(H,13,14). The summed E-state index contributed by atoms with van der Waals surface area (Å²) in [5.74, 6) is -0.0509. The number of carbonyl (C=O) groups is 1. The van der Waals surface area contributed by atoms with Crippen LogP contribution < -0.4 is 15.5 Å². The number of carbonyl (C=O) groups excluding carboxylic acids is 1. The molecule has 5 nitrogen and oxygen atoms in total. The third kappa shape index (κ3) is 5.09. The van der Waals surface area contributed by atoms with Crippen molar-refractivity contribution in [3.8, 4) is 0 Å². The van der Waals surface area contributed by atoms with Crippen molar-refractivity contribution < 1.29 is 4.79 Å². The van der Waals surface area contributed by atoms with E-state index in [1.807, 2.05) is 20.8 Å². The number of H-pyrrole nitrogens is 1. The van der Waals surface area contributed by atoms with E-state index in [0.29, 0.717) is 6.54 Å². The highest BCUT2D eigenvalue weighted by Crippen LogP contribution is 1.97. The van der Waals surface area contributed by atoms with E-state index in [-0.39, 0.29) is 22.9 Å². The number of nitrogens with one attached hydrogen (secondary N) is 3. The monoisotopic (exact) mass is 243 g/mol. The van der Waals surface area contributed by atoms with E-state index in [1.54, 1.807) is 5.38 Å². The third-order valence-corrected chi connectivity index (χ3v) is 2.40. The number of thiazole rings is 1. The van der Waals surface area contributed by atoms with Crippen molar-refractivity contribution in [2.45, 2.75) is 32.9 Å². The van der Waals surface area contributed by atoms with Crippen LogP contribution in [0, 0.1) is 0 Å². The molecule has 0 aliphatic heterocycles. The van der Waals surface area contributed by atoms with Gasteiger partial charge in [0, 0.05) is 23.2 Å². The number of hydrogen-bond acceptors (Lipinski definition) is 4. The molecule has 0 unspecified atom stereocenters. The van der Waals surface area contributed by atoms with Gasteiger partial charge in [-0.2, -0.15) is 0 Å². The van der Waals surface area contributed by atoms with Crippen molar-refractivity contribution in [2.24, 2.45) is 0 Å². The first-order valence-corrected chi connectivity index (χ1v) is 5.93. The summed E-state index contributed by atoms with van der Waals surface area (Å²) < 4.78 is 0. The average molecular weight is 243 g/mol. The second kappa shape index (κ2) is 5.27. The van der Waals surface area contributed by atoms with Crippen molar-refractivity contribution >= 4 is 17.2 Å². The molecule has 0 aromatic carbocycles. The predicted octanol–water partition coefficient (Wildman–Crippen LogP) is 0.441. The minimum Gasteiger partial charge on any atom is -0.350 e. The van der Waals surface area contributed by atoms with Crippen LogP contribution in [-0.2, 0) is 11.3 Å². The first-order chi connectivity index (χ1) is 7.37. The van der Waals surface area contributed by atoms with Gasteiger partial charge in [-0.25, -0.2) is 0 Å². The van der Waals surface area contributed by atoms with Gasteiger partial charge in [-0.05, 0) is 20.8 Å². The first kappa shape index (κ1) is 12.9. The Morgan fingerprint density at radius 1 is 1.50 bits per heavy atom. The molecule has 0 aliphatic carbocycles. The number of amides is 1. The molecule has 0 saturated carbocycles. The molecule has 3 N–H and O–H groups in total. The van der Waals surface area contributed by atoms with Crippen LogP contribution in [0.5, 0.6) is 0 Å². The first-order valence-electron chi connectivity index (χ1n) is 5.05. The molecule has 0 fully saturated rings. The lowest BCUT2D eigenvalue weighted by Gasteiger charge is -2.20. The number of aromatic nitrogens is 1. The topological polar surface area (TPSA) is 74.0 Å². The zero-order valence-electron chi connectivity index (χ0n) is 9.72. The van der Waals surface area contributed by atoms with Gasteiger partial charge in [0.1, 0.15) is 0 Å². The summed E-state index contributed by atoms with van der Waals surface area (Å²) in [6, 6.07) is 0. The van der Waals surface area contributed by atoms with Crippen LogP contribution >= 0.6 is 11.3 Å². The summed E-state index contributed by atoms with van der Waals surface area (Å²) in [5, 5.41) is 7.55. The fourth-order valence-corrected chi connectivity index (χ4v) is 1.76. The highest BCUT2D eigenvalue weighted by Gasteiger charge is 2.12. The molecule has 1 rings (SSSR count). The van der Waals surface area contributed by atoms with Crippen LogP contribution in [0.4, 0.5) is 0 Å². The Kier molecular flexibility index (Phi) is 4.26. The molecule has 1 aromatic rings. The minimum absolute atomic E-state index is 0.0509. The van der Waals surface area contributed by atoms with Crippen LogP contribution in [0.2, 0.25) is 0 Å². The molecule has 0 radical (unpaired) electrons. The van der Waals surface area contributed by atoms with E-state index >= 15 is 0 Å². The summed E-state index contributed by atoms with van der Waals surface area (Å²) >= 11 is 1.12. The van der Waals surface area contributed by atoms with Crippen molar-refractivity contribution in [1.82, 2.24) is 15.6 Å². The van der Waals surface area contributed by atoms with Crippen molar-refractivity contribution in [1.29, 1.82) is 0 Å². The maximum atomic E-state index is 11.4. The maximum Gasteiger partial charge on any atom is 0.304 e. The Morgan fingerprint density at radius 2 is 2.19 bits per heavy atom. The molecule has 16 heavy (non-hydrogen) atoms. The summed E-state index contributed by atoms with van der Waals surface area (Å²) in [6.45, 7) is 6.54. The highest BCUT2D eigenvalue weighted by molar-refractivity contribution is 7.07. The normalized spacial score (nSPS) is 11.4. The Hall–Kier alpha value is -1.14. The Bertz CT molecular complexity index is 403. The van der Waals surface area contributed by atoms with Crippen LogP contribution in [0.15, 0.2) is 10.2 Å². The van der Waals surface area contributed by atoms with Gasteiger partial charge in [-0.1, -0.05) is 11.3 Å². The van der Waals surface area contributed by atoms with E-state index in [9.17, 15) is 9.59 Å². The van der Waals surface area contributed by atoms with Gasteiger partial charge >= 0.3 is 4.87 Å². The largest absolute Gasteiger partial charge is 0.350 e. The maximum absolute atomic E-state index is 11.4. The summed E-state index contributed by atoms with van der Waals surface area (Å²) in [7, 11) is 0. The van der Waals surface area contributed by atoms with Crippen LogP contribution in [0.25, 0.3) is 0 Å². The zero-order valence-corrected chi connectivity index (χ0v) is 10.5. The molecule has 0 saturated heterocycles. The lowest BCUT2D eigenvalue weighted by molar-refractivity contribution is -0.121. The molecular weight excluding hydrogens is 226 g/mol. The van der Waals surface area contributed by atoms with Crippen molar-refractivity contribution in [3.05, 3.63) is 20.7 Å². The van der Waals surface area contributed by atoms with Crippen LogP contribution in [0.3, 0.4) is 0 Å². The lowest BCUT2D eigenvalue weighted by atomic mass is 10.1. The van der Waals surface area contributed by atoms with Crippen molar-refractivity contribution in [2.75, 3.05) is 6.54 Å². The molecule has 90 valence electrons. The SMILES string of the molecule is CC(C)(C)NC(=O)CNCc1csc(=O)[nH]1. The van der Waals surface area contributed by atoms with Gasteiger partial charge in [0.2, 0.25) is 5.91 Å². The van der Waals surface area contributed by atoms with E-state index in [2.05, 4.69) is 15.6 Å². The fraction of sp³-hybridized carbons (Fsp3) is 0.600. The van der Waals surface area contributed by atoms with E-state index in [4.69, 9.17) is 0 Å².